The Morgan fingerprint density at radius 3 is 1.81 bits per heavy atom. The van der Waals surface area contributed by atoms with Gasteiger partial charge in [-0.1, -0.05) is 0 Å². The Morgan fingerprint density at radius 1 is 0.808 bits per heavy atom. The van der Waals surface area contributed by atoms with Gasteiger partial charge in [-0.2, -0.15) is 0 Å². The van der Waals surface area contributed by atoms with Gasteiger partial charge in [0, 0.05) is 12.1 Å². The Hall–Kier alpha value is -3.75. The molecule has 0 heterocycles. The van der Waals surface area contributed by atoms with Crippen LogP contribution < -0.4 is 4.74 Å². The Kier molecular flexibility index (Phi) is 5.63. The summed E-state index contributed by atoms with van der Waals surface area (Å²) in [6.07, 6.45) is 0. The van der Waals surface area contributed by atoms with Crippen LogP contribution in [0.4, 0.5) is 5.69 Å². The van der Waals surface area contributed by atoms with Crippen molar-refractivity contribution in [1.82, 2.24) is 0 Å². The molecule has 0 fully saturated rings. The van der Waals surface area contributed by atoms with E-state index in [1.807, 2.05) is 0 Å². The van der Waals surface area contributed by atoms with Gasteiger partial charge in [0.15, 0.2) is 0 Å². The molecule has 0 unspecified atom stereocenters. The SMILES string of the molecule is COC(=O)c1ccc(OC(=O)c2cc(C(=O)OC)cc([N+](=O)[O-])c2)cc1. The van der Waals surface area contributed by atoms with Crippen LogP contribution in [0.5, 0.6) is 5.75 Å². The number of ether oxygens (including phenoxy) is 3. The van der Waals surface area contributed by atoms with Crippen LogP contribution in [0.1, 0.15) is 31.1 Å². The van der Waals surface area contributed by atoms with E-state index in [1.54, 1.807) is 0 Å². The summed E-state index contributed by atoms with van der Waals surface area (Å²) in [7, 11) is 2.35. The number of nitrogens with zero attached hydrogens (tertiary/aromatic N) is 1. The van der Waals surface area contributed by atoms with E-state index in [2.05, 4.69) is 9.47 Å². The van der Waals surface area contributed by atoms with Crippen molar-refractivity contribution >= 4 is 23.6 Å². The van der Waals surface area contributed by atoms with Crippen molar-refractivity contribution in [2.45, 2.75) is 0 Å². The summed E-state index contributed by atoms with van der Waals surface area (Å²) in [6, 6.07) is 8.62. The number of hydrogen-bond acceptors (Lipinski definition) is 8. The van der Waals surface area contributed by atoms with E-state index in [9.17, 15) is 24.5 Å². The van der Waals surface area contributed by atoms with Crippen molar-refractivity contribution in [3.05, 3.63) is 69.3 Å². The second-order valence-electron chi connectivity index (χ2n) is 4.92. The molecule has 26 heavy (non-hydrogen) atoms. The van der Waals surface area contributed by atoms with E-state index in [1.165, 1.54) is 31.4 Å². The van der Waals surface area contributed by atoms with Gasteiger partial charge in [-0.15, -0.1) is 0 Å². The molecule has 0 bridgehead atoms. The Labute approximate surface area is 147 Å². The summed E-state index contributed by atoms with van der Waals surface area (Å²) in [5, 5.41) is 11.0. The first-order valence-electron chi connectivity index (χ1n) is 7.14. The van der Waals surface area contributed by atoms with E-state index >= 15 is 0 Å². The molecule has 0 aromatic heterocycles. The zero-order chi connectivity index (χ0) is 19.3. The maximum atomic E-state index is 12.2. The van der Waals surface area contributed by atoms with Gasteiger partial charge in [0.2, 0.25) is 0 Å². The lowest BCUT2D eigenvalue weighted by molar-refractivity contribution is -0.384. The highest BCUT2D eigenvalue weighted by Crippen LogP contribution is 2.20. The number of carbonyl (C=O) groups excluding carboxylic acids is 3. The van der Waals surface area contributed by atoms with Gasteiger partial charge < -0.3 is 14.2 Å². The Bertz CT molecular complexity index is 873. The second kappa shape index (κ2) is 7.88. The van der Waals surface area contributed by atoms with Gasteiger partial charge in [-0.05, 0) is 30.3 Å². The lowest BCUT2D eigenvalue weighted by Gasteiger charge is -2.07. The standard InChI is InChI=1S/C17H13NO8/c1-24-15(19)10-3-5-14(6-4-10)26-17(21)12-7-11(16(20)25-2)8-13(9-12)18(22)23/h3-9H,1-2H3. The first kappa shape index (κ1) is 18.6. The van der Waals surface area contributed by atoms with Crippen molar-refractivity contribution in [2.24, 2.45) is 0 Å². The molecule has 0 saturated heterocycles. The molecule has 134 valence electrons. The molecule has 0 radical (unpaired) electrons. The van der Waals surface area contributed by atoms with E-state index < -0.39 is 28.5 Å². The van der Waals surface area contributed by atoms with E-state index in [0.717, 1.165) is 25.3 Å². The normalized spacial score (nSPS) is 9.92. The molecule has 0 aliphatic carbocycles. The molecule has 9 heteroatoms. The molecular formula is C17H13NO8. The lowest BCUT2D eigenvalue weighted by Crippen LogP contribution is -2.11. The first-order valence-corrected chi connectivity index (χ1v) is 7.14. The Morgan fingerprint density at radius 2 is 1.31 bits per heavy atom. The summed E-state index contributed by atoms with van der Waals surface area (Å²) >= 11 is 0. The van der Waals surface area contributed by atoms with Crippen LogP contribution >= 0.6 is 0 Å². The number of esters is 3. The number of benzene rings is 2. The molecule has 0 saturated carbocycles. The van der Waals surface area contributed by atoms with Crippen molar-refractivity contribution < 1.29 is 33.5 Å². The van der Waals surface area contributed by atoms with Crippen LogP contribution in [-0.2, 0) is 9.47 Å². The van der Waals surface area contributed by atoms with Crippen LogP contribution in [0.3, 0.4) is 0 Å². The third-order valence-corrected chi connectivity index (χ3v) is 3.27. The van der Waals surface area contributed by atoms with Crippen molar-refractivity contribution in [2.75, 3.05) is 14.2 Å². The number of nitro groups is 1. The highest BCUT2D eigenvalue weighted by molar-refractivity contribution is 5.97. The summed E-state index contributed by atoms with van der Waals surface area (Å²) in [4.78, 5) is 45.5. The predicted molar refractivity (Wildman–Crippen MR) is 87.2 cm³/mol. The third kappa shape index (κ3) is 4.20. The van der Waals surface area contributed by atoms with Crippen molar-refractivity contribution in [3.63, 3.8) is 0 Å². The smallest absolute Gasteiger partial charge is 0.343 e. The number of methoxy groups -OCH3 is 2. The largest absolute Gasteiger partial charge is 0.465 e. The molecule has 0 amide bonds. The van der Waals surface area contributed by atoms with Gasteiger partial charge in [0.25, 0.3) is 5.69 Å². The molecule has 0 N–H and O–H groups in total. The van der Waals surface area contributed by atoms with Gasteiger partial charge >= 0.3 is 17.9 Å². The van der Waals surface area contributed by atoms with Crippen LogP contribution in [0.2, 0.25) is 0 Å². The topological polar surface area (TPSA) is 122 Å². The molecule has 0 aliphatic rings. The van der Waals surface area contributed by atoms with E-state index in [-0.39, 0.29) is 22.4 Å². The molecule has 0 aliphatic heterocycles. The fourth-order valence-corrected chi connectivity index (χ4v) is 2.01. The van der Waals surface area contributed by atoms with Gasteiger partial charge in [0.1, 0.15) is 5.75 Å². The summed E-state index contributed by atoms with van der Waals surface area (Å²) in [5.74, 6) is -2.19. The molecular weight excluding hydrogens is 346 g/mol. The van der Waals surface area contributed by atoms with Gasteiger partial charge in [-0.3, -0.25) is 10.1 Å². The average molecular weight is 359 g/mol. The number of carbonyl (C=O) groups is 3. The fourth-order valence-electron chi connectivity index (χ4n) is 2.01. The predicted octanol–water partition coefficient (Wildman–Crippen LogP) is 2.39. The second-order valence-corrected chi connectivity index (χ2v) is 4.92. The van der Waals surface area contributed by atoms with Gasteiger partial charge in [-0.25, -0.2) is 14.4 Å². The molecule has 2 rings (SSSR count). The maximum absolute atomic E-state index is 12.2. The summed E-state index contributed by atoms with van der Waals surface area (Å²) in [5.41, 5.74) is -0.553. The quantitative estimate of drug-likeness (QED) is 0.345. The minimum absolute atomic E-state index is 0.105. The molecule has 0 atom stereocenters. The minimum atomic E-state index is -0.912. The highest BCUT2D eigenvalue weighted by atomic mass is 16.6. The number of non-ortho nitro benzene ring substituents is 1. The average Bonchev–Trinajstić information content (AvgIpc) is 2.66. The fraction of sp³-hybridized carbons (Fsp3) is 0.118. The van der Waals surface area contributed by atoms with Gasteiger partial charge in [0.05, 0.1) is 35.8 Å². The maximum Gasteiger partial charge on any atom is 0.343 e. The van der Waals surface area contributed by atoms with Crippen LogP contribution in [-0.4, -0.2) is 37.1 Å². The van der Waals surface area contributed by atoms with Crippen LogP contribution in [0.25, 0.3) is 0 Å². The monoisotopic (exact) mass is 359 g/mol. The van der Waals surface area contributed by atoms with E-state index in [4.69, 9.17) is 4.74 Å². The van der Waals surface area contributed by atoms with Crippen LogP contribution in [0, 0.1) is 10.1 Å². The summed E-state index contributed by atoms with van der Waals surface area (Å²) < 4.78 is 14.2. The first-order chi connectivity index (χ1) is 12.3. The number of nitro benzene ring substituents is 1. The van der Waals surface area contributed by atoms with E-state index in [0.29, 0.717) is 0 Å². The lowest BCUT2D eigenvalue weighted by atomic mass is 10.1. The van der Waals surface area contributed by atoms with Crippen molar-refractivity contribution in [3.8, 4) is 5.75 Å². The molecule has 2 aromatic rings. The van der Waals surface area contributed by atoms with Crippen LogP contribution in [0.15, 0.2) is 42.5 Å². The molecule has 9 nitrogen and oxygen atoms in total. The summed E-state index contributed by atoms with van der Waals surface area (Å²) in [6.45, 7) is 0. The minimum Gasteiger partial charge on any atom is -0.465 e. The Balaban J connectivity index is 2.28. The van der Waals surface area contributed by atoms with Crippen molar-refractivity contribution in [1.29, 1.82) is 0 Å². The third-order valence-electron chi connectivity index (χ3n) is 3.27. The molecule has 2 aromatic carbocycles. The highest BCUT2D eigenvalue weighted by Gasteiger charge is 2.19. The zero-order valence-corrected chi connectivity index (χ0v) is 13.8. The number of hydrogen-bond donors (Lipinski definition) is 0. The zero-order valence-electron chi connectivity index (χ0n) is 13.8. The number of rotatable bonds is 5. The molecule has 0 spiro atoms.